The van der Waals surface area contributed by atoms with Crippen molar-refractivity contribution in [2.75, 3.05) is 11.9 Å². The first-order chi connectivity index (χ1) is 11.9. The quantitative estimate of drug-likeness (QED) is 0.480. The first-order valence-corrected chi connectivity index (χ1v) is 8.10. The topological polar surface area (TPSA) is 111 Å². The van der Waals surface area contributed by atoms with E-state index in [-0.39, 0.29) is 23.1 Å². The van der Waals surface area contributed by atoms with Gasteiger partial charge in [0.25, 0.3) is 5.69 Å². The van der Waals surface area contributed by atoms with Crippen LogP contribution in [-0.2, 0) is 9.53 Å². The zero-order valence-corrected chi connectivity index (χ0v) is 14.3. The predicted molar refractivity (Wildman–Crippen MR) is 94.4 cm³/mol. The molecule has 0 saturated heterocycles. The molecule has 9 heteroatoms. The van der Waals surface area contributed by atoms with Crippen molar-refractivity contribution in [2.24, 2.45) is 0 Å². The Labute approximate surface area is 147 Å². The van der Waals surface area contributed by atoms with E-state index in [4.69, 9.17) is 4.74 Å². The number of carbonyl (C=O) groups excluding carboxylic acids is 2. The number of nitro benzene ring substituents is 1. The maximum Gasteiger partial charge on any atom is 0.350 e. The smallest absolute Gasteiger partial charge is 0.350 e. The standard InChI is InChI=1S/C16H15N3O5S/c1-3-24-15(21)14-13(18-16(25-14)17-10(2)20)9-6-11-4-7-12(8-5-11)19(22)23/h4-9H,3H2,1-2H3,(H,17,18,20). The van der Waals surface area contributed by atoms with E-state index in [2.05, 4.69) is 10.3 Å². The molecule has 2 aromatic rings. The number of nitro groups is 1. The Morgan fingerprint density at radius 1 is 1.32 bits per heavy atom. The van der Waals surface area contributed by atoms with Gasteiger partial charge in [-0.2, -0.15) is 0 Å². The lowest BCUT2D eigenvalue weighted by atomic mass is 10.2. The van der Waals surface area contributed by atoms with Crippen LogP contribution in [0, 0.1) is 10.1 Å². The molecule has 0 unspecified atom stereocenters. The summed E-state index contributed by atoms with van der Waals surface area (Å²) in [5.41, 5.74) is 1.05. The third-order valence-electron chi connectivity index (χ3n) is 2.93. The minimum absolute atomic E-state index is 0.00837. The van der Waals surface area contributed by atoms with Crippen LogP contribution in [0.4, 0.5) is 10.8 Å². The van der Waals surface area contributed by atoms with Crippen LogP contribution in [0.1, 0.15) is 34.8 Å². The summed E-state index contributed by atoms with van der Waals surface area (Å²) < 4.78 is 4.99. The number of aromatic nitrogens is 1. The monoisotopic (exact) mass is 361 g/mol. The van der Waals surface area contributed by atoms with Gasteiger partial charge in [-0.3, -0.25) is 14.9 Å². The van der Waals surface area contributed by atoms with E-state index in [1.165, 1.54) is 19.1 Å². The Morgan fingerprint density at radius 2 is 2.00 bits per heavy atom. The molecule has 8 nitrogen and oxygen atoms in total. The van der Waals surface area contributed by atoms with E-state index >= 15 is 0 Å². The average Bonchev–Trinajstić information content (AvgIpc) is 2.95. The number of anilines is 1. The van der Waals surface area contributed by atoms with E-state index in [0.717, 1.165) is 11.3 Å². The molecule has 0 saturated carbocycles. The summed E-state index contributed by atoms with van der Waals surface area (Å²) in [6.45, 7) is 3.26. The number of thiazole rings is 1. The van der Waals surface area contributed by atoms with Crippen molar-refractivity contribution in [2.45, 2.75) is 13.8 Å². The van der Waals surface area contributed by atoms with Crippen LogP contribution in [0.3, 0.4) is 0 Å². The zero-order chi connectivity index (χ0) is 18.4. The first kappa shape index (κ1) is 18.3. The molecular weight excluding hydrogens is 346 g/mol. The fraction of sp³-hybridized carbons (Fsp3) is 0.188. The highest BCUT2D eigenvalue weighted by molar-refractivity contribution is 7.17. The fourth-order valence-corrected chi connectivity index (χ4v) is 2.77. The van der Waals surface area contributed by atoms with Gasteiger partial charge in [0.05, 0.1) is 17.2 Å². The van der Waals surface area contributed by atoms with E-state index in [9.17, 15) is 19.7 Å². The van der Waals surface area contributed by atoms with Crippen LogP contribution in [0.2, 0.25) is 0 Å². The number of hydrogen-bond donors (Lipinski definition) is 1. The summed E-state index contributed by atoms with van der Waals surface area (Å²) >= 11 is 1.02. The molecule has 0 radical (unpaired) electrons. The highest BCUT2D eigenvalue weighted by atomic mass is 32.1. The molecule has 0 bridgehead atoms. The highest BCUT2D eigenvalue weighted by Gasteiger charge is 2.18. The van der Waals surface area contributed by atoms with Gasteiger partial charge >= 0.3 is 5.97 Å². The number of hydrogen-bond acceptors (Lipinski definition) is 7. The summed E-state index contributed by atoms with van der Waals surface area (Å²) in [5.74, 6) is -0.824. The van der Waals surface area contributed by atoms with E-state index < -0.39 is 10.9 Å². The molecule has 0 aliphatic rings. The second-order valence-electron chi connectivity index (χ2n) is 4.82. The third-order valence-corrected chi connectivity index (χ3v) is 3.90. The number of rotatable bonds is 6. The molecule has 1 heterocycles. The van der Waals surface area contributed by atoms with Crippen molar-refractivity contribution < 1.29 is 19.2 Å². The molecule has 1 amide bonds. The second-order valence-corrected chi connectivity index (χ2v) is 5.82. The minimum Gasteiger partial charge on any atom is -0.462 e. The Balaban J connectivity index is 2.29. The number of nitrogens with one attached hydrogen (secondary N) is 1. The average molecular weight is 361 g/mol. The lowest BCUT2D eigenvalue weighted by molar-refractivity contribution is -0.384. The summed E-state index contributed by atoms with van der Waals surface area (Å²) in [6, 6.07) is 5.94. The number of esters is 1. The Kier molecular flexibility index (Phi) is 5.96. The van der Waals surface area contributed by atoms with Crippen LogP contribution in [0.15, 0.2) is 24.3 Å². The van der Waals surface area contributed by atoms with Crippen LogP contribution in [-0.4, -0.2) is 28.4 Å². The molecule has 1 N–H and O–H groups in total. The van der Waals surface area contributed by atoms with Crippen molar-refractivity contribution in [1.29, 1.82) is 0 Å². The SMILES string of the molecule is CCOC(=O)c1sc(NC(C)=O)nc1C=Cc1ccc([N+](=O)[O-])cc1. The molecule has 0 fully saturated rings. The highest BCUT2D eigenvalue weighted by Crippen LogP contribution is 2.26. The number of carbonyl (C=O) groups is 2. The van der Waals surface area contributed by atoms with Gasteiger partial charge in [0.1, 0.15) is 4.88 Å². The molecule has 130 valence electrons. The molecule has 1 aromatic carbocycles. The van der Waals surface area contributed by atoms with E-state index in [0.29, 0.717) is 16.4 Å². The van der Waals surface area contributed by atoms with Crippen LogP contribution < -0.4 is 5.32 Å². The molecular formula is C16H15N3O5S. The summed E-state index contributed by atoms with van der Waals surface area (Å²) in [6.07, 6.45) is 3.26. The van der Waals surface area contributed by atoms with Gasteiger partial charge in [0.2, 0.25) is 5.91 Å². The van der Waals surface area contributed by atoms with Gasteiger partial charge in [-0.25, -0.2) is 9.78 Å². The van der Waals surface area contributed by atoms with Gasteiger partial charge in [0.15, 0.2) is 5.13 Å². The van der Waals surface area contributed by atoms with Crippen molar-refractivity contribution in [3.63, 3.8) is 0 Å². The van der Waals surface area contributed by atoms with Crippen molar-refractivity contribution in [1.82, 2.24) is 4.98 Å². The number of non-ortho nitro benzene ring substituents is 1. The van der Waals surface area contributed by atoms with E-state index in [1.54, 1.807) is 31.2 Å². The molecule has 1 aromatic heterocycles. The molecule has 2 rings (SSSR count). The van der Waals surface area contributed by atoms with Crippen LogP contribution in [0.5, 0.6) is 0 Å². The number of ether oxygens (including phenoxy) is 1. The number of amides is 1. The summed E-state index contributed by atoms with van der Waals surface area (Å²) in [4.78, 5) is 37.8. The number of nitrogens with zero attached hydrogens (tertiary/aromatic N) is 2. The predicted octanol–water partition coefficient (Wildman–Crippen LogP) is 3.36. The maximum absolute atomic E-state index is 12.0. The Bertz CT molecular complexity index is 827. The minimum atomic E-state index is -0.528. The van der Waals surface area contributed by atoms with Gasteiger partial charge in [0, 0.05) is 19.1 Å². The van der Waals surface area contributed by atoms with Crippen LogP contribution in [0.25, 0.3) is 12.2 Å². The summed E-state index contributed by atoms with van der Waals surface area (Å²) in [5, 5.41) is 13.5. The van der Waals surface area contributed by atoms with Gasteiger partial charge in [-0.1, -0.05) is 17.4 Å². The van der Waals surface area contributed by atoms with E-state index in [1.807, 2.05) is 0 Å². The first-order valence-electron chi connectivity index (χ1n) is 7.28. The van der Waals surface area contributed by atoms with Gasteiger partial charge in [-0.05, 0) is 30.7 Å². The zero-order valence-electron chi connectivity index (χ0n) is 13.5. The number of benzene rings is 1. The van der Waals surface area contributed by atoms with Crippen LogP contribution >= 0.6 is 11.3 Å². The fourth-order valence-electron chi connectivity index (χ4n) is 1.87. The van der Waals surface area contributed by atoms with Crippen molar-refractivity contribution in [3.8, 4) is 0 Å². The second kappa shape index (κ2) is 8.15. The van der Waals surface area contributed by atoms with Crippen molar-refractivity contribution >= 4 is 46.2 Å². The lowest BCUT2D eigenvalue weighted by Gasteiger charge is -1.99. The van der Waals surface area contributed by atoms with Gasteiger partial charge < -0.3 is 10.1 Å². The largest absolute Gasteiger partial charge is 0.462 e. The molecule has 25 heavy (non-hydrogen) atoms. The maximum atomic E-state index is 12.0. The molecule has 0 aliphatic carbocycles. The summed E-state index contributed by atoms with van der Waals surface area (Å²) in [7, 11) is 0. The Morgan fingerprint density at radius 3 is 2.56 bits per heavy atom. The normalized spacial score (nSPS) is 10.6. The third kappa shape index (κ3) is 4.95. The van der Waals surface area contributed by atoms with Gasteiger partial charge in [-0.15, -0.1) is 0 Å². The molecule has 0 spiro atoms. The lowest BCUT2D eigenvalue weighted by Crippen LogP contribution is -2.04. The van der Waals surface area contributed by atoms with Crippen molar-refractivity contribution in [3.05, 3.63) is 50.5 Å². The Hall–Kier alpha value is -3.07. The molecule has 0 atom stereocenters. The molecule has 0 aliphatic heterocycles.